The number of carbonyl (C=O) groups excluding carboxylic acids is 1. The number of benzene rings is 3. The van der Waals surface area contributed by atoms with Gasteiger partial charge in [-0.1, -0.05) is 66.7 Å². The molecule has 0 unspecified atom stereocenters. The van der Waals surface area contributed by atoms with Crippen LogP contribution < -0.4 is 9.47 Å². The van der Waals surface area contributed by atoms with Gasteiger partial charge in [0.05, 0.1) is 19.3 Å². The van der Waals surface area contributed by atoms with E-state index in [2.05, 4.69) is 0 Å². The van der Waals surface area contributed by atoms with Gasteiger partial charge in [0.15, 0.2) is 17.6 Å². The van der Waals surface area contributed by atoms with Crippen molar-refractivity contribution < 1.29 is 34.0 Å². The van der Waals surface area contributed by atoms with Crippen molar-refractivity contribution in [1.82, 2.24) is 4.90 Å². The zero-order valence-corrected chi connectivity index (χ0v) is 21.2. The summed E-state index contributed by atoms with van der Waals surface area (Å²) < 4.78 is 17.8. The summed E-state index contributed by atoms with van der Waals surface area (Å²) >= 11 is 0. The van der Waals surface area contributed by atoms with Crippen LogP contribution in [-0.2, 0) is 33.9 Å². The molecule has 1 aliphatic carbocycles. The second-order valence-electron chi connectivity index (χ2n) is 9.71. The highest BCUT2D eigenvalue weighted by atomic mass is 16.5. The molecule has 38 heavy (non-hydrogen) atoms. The molecule has 3 aromatic rings. The lowest BCUT2D eigenvalue weighted by atomic mass is 9.90. The highest BCUT2D eigenvalue weighted by molar-refractivity contribution is 5.88. The first-order valence-electron chi connectivity index (χ1n) is 12.7. The number of nitrogens with zero attached hydrogens (tertiary/aromatic N) is 1. The van der Waals surface area contributed by atoms with Crippen LogP contribution in [0.2, 0.25) is 0 Å². The summed E-state index contributed by atoms with van der Waals surface area (Å²) in [6, 6.07) is 21.3. The second-order valence-corrected chi connectivity index (χ2v) is 9.71. The first-order valence-corrected chi connectivity index (χ1v) is 12.7. The molecule has 0 saturated heterocycles. The fourth-order valence-electron chi connectivity index (χ4n) is 5.02. The normalized spacial score (nSPS) is 21.1. The molecule has 198 valence electrons. The first kappa shape index (κ1) is 25.8. The van der Waals surface area contributed by atoms with Crippen molar-refractivity contribution in [2.45, 2.75) is 56.8 Å². The molecular formula is C30H31NO7. The van der Waals surface area contributed by atoms with E-state index in [1.807, 2.05) is 54.6 Å². The molecule has 1 aliphatic heterocycles. The number of ether oxygens (including phenoxy) is 3. The van der Waals surface area contributed by atoms with Gasteiger partial charge in [-0.05, 0) is 35.6 Å². The molecule has 8 heteroatoms. The predicted molar refractivity (Wildman–Crippen MR) is 139 cm³/mol. The fraction of sp³-hybridized carbons (Fsp3) is 0.333. The maximum absolute atomic E-state index is 13.9. The van der Waals surface area contributed by atoms with E-state index in [0.29, 0.717) is 36.5 Å². The monoisotopic (exact) mass is 517 g/mol. The van der Waals surface area contributed by atoms with E-state index < -0.39 is 30.1 Å². The summed E-state index contributed by atoms with van der Waals surface area (Å²) in [4.78, 5) is 27.8. The maximum atomic E-state index is 13.9. The van der Waals surface area contributed by atoms with Gasteiger partial charge in [0.2, 0.25) is 0 Å². The molecule has 8 nitrogen and oxygen atoms in total. The zero-order chi connectivity index (χ0) is 26.6. The van der Waals surface area contributed by atoms with E-state index in [0.717, 1.165) is 16.7 Å². The van der Waals surface area contributed by atoms with Gasteiger partial charge in [0, 0.05) is 18.5 Å². The Bertz CT molecular complexity index is 1270. The van der Waals surface area contributed by atoms with Crippen molar-refractivity contribution in [3.8, 4) is 11.5 Å². The zero-order valence-electron chi connectivity index (χ0n) is 21.2. The molecular weight excluding hydrogens is 486 g/mol. The van der Waals surface area contributed by atoms with Crippen molar-refractivity contribution in [3.05, 3.63) is 95.1 Å². The van der Waals surface area contributed by atoms with Crippen LogP contribution in [0.4, 0.5) is 0 Å². The van der Waals surface area contributed by atoms with Crippen LogP contribution in [0, 0.1) is 0 Å². The third kappa shape index (κ3) is 5.37. The lowest BCUT2D eigenvalue weighted by Crippen LogP contribution is -2.51. The Balaban J connectivity index is 1.45. The number of rotatable bonds is 9. The van der Waals surface area contributed by atoms with E-state index >= 15 is 0 Å². The minimum Gasteiger partial charge on any atom is -0.493 e. The number of carbonyl (C=O) groups is 2. The number of hydrogen-bond donors (Lipinski definition) is 2. The maximum Gasteiger partial charge on any atom is 0.326 e. The molecule has 5 rings (SSSR count). The van der Waals surface area contributed by atoms with Gasteiger partial charge in [-0.2, -0.15) is 0 Å². The summed E-state index contributed by atoms with van der Waals surface area (Å²) in [7, 11) is 1.55. The van der Waals surface area contributed by atoms with Crippen molar-refractivity contribution in [3.63, 3.8) is 0 Å². The van der Waals surface area contributed by atoms with Gasteiger partial charge in [-0.3, -0.25) is 4.79 Å². The van der Waals surface area contributed by atoms with Crippen LogP contribution in [0.15, 0.2) is 72.8 Å². The molecule has 2 N–H and O–H groups in total. The van der Waals surface area contributed by atoms with Gasteiger partial charge in [-0.25, -0.2) is 4.79 Å². The van der Waals surface area contributed by atoms with Crippen molar-refractivity contribution in [2.75, 3.05) is 7.11 Å². The molecule has 0 radical (unpaired) electrons. The van der Waals surface area contributed by atoms with Crippen molar-refractivity contribution in [1.29, 1.82) is 0 Å². The highest BCUT2D eigenvalue weighted by Crippen LogP contribution is 2.40. The number of carboxylic acids is 1. The smallest absolute Gasteiger partial charge is 0.326 e. The molecule has 3 aromatic carbocycles. The van der Waals surface area contributed by atoms with Crippen LogP contribution in [0.25, 0.3) is 0 Å². The van der Waals surface area contributed by atoms with Crippen molar-refractivity contribution in [2.24, 2.45) is 0 Å². The van der Waals surface area contributed by atoms with Crippen molar-refractivity contribution >= 4 is 11.9 Å². The predicted octanol–water partition coefficient (Wildman–Crippen LogP) is 3.89. The third-order valence-electron chi connectivity index (χ3n) is 7.17. The van der Waals surface area contributed by atoms with Crippen LogP contribution in [0.3, 0.4) is 0 Å². The van der Waals surface area contributed by atoms with E-state index in [-0.39, 0.29) is 19.1 Å². The van der Waals surface area contributed by atoms with Gasteiger partial charge in [0.1, 0.15) is 12.6 Å². The molecule has 2 atom stereocenters. The molecule has 0 aromatic heterocycles. The minimum atomic E-state index is -1.11. The summed E-state index contributed by atoms with van der Waals surface area (Å²) in [5.74, 6) is -0.519. The summed E-state index contributed by atoms with van der Waals surface area (Å²) in [6.07, 6.45) is -0.704. The molecule has 0 bridgehead atoms. The lowest BCUT2D eigenvalue weighted by Gasteiger charge is -2.39. The van der Waals surface area contributed by atoms with E-state index in [4.69, 9.17) is 14.2 Å². The topological polar surface area (TPSA) is 106 Å². The molecule has 1 amide bonds. The average Bonchev–Trinajstić information content (AvgIpc) is 2.93. The first-order chi connectivity index (χ1) is 18.4. The average molecular weight is 518 g/mol. The van der Waals surface area contributed by atoms with Crippen LogP contribution in [-0.4, -0.2) is 52.3 Å². The number of aliphatic hydroxyl groups excluding tert-OH is 1. The Morgan fingerprint density at radius 1 is 1.00 bits per heavy atom. The summed E-state index contributed by atoms with van der Waals surface area (Å²) in [5, 5.41) is 19.9. The Morgan fingerprint density at radius 2 is 1.68 bits per heavy atom. The molecule has 1 fully saturated rings. The Kier molecular flexibility index (Phi) is 7.62. The molecule has 1 heterocycles. The Labute approximate surface area is 221 Å². The SMILES string of the molecule is COc1ccc2c(c1OCc1ccccc1)C[C@@H](C(=O)O)N(C(=O)[C@H](OC1CC(O)C1)c1ccccc1)C2. The number of hydrogen-bond acceptors (Lipinski definition) is 6. The fourth-order valence-corrected chi connectivity index (χ4v) is 5.02. The Morgan fingerprint density at radius 3 is 2.32 bits per heavy atom. The number of aliphatic carboxylic acids is 1. The summed E-state index contributed by atoms with van der Waals surface area (Å²) in [6.45, 7) is 0.391. The lowest BCUT2D eigenvalue weighted by molar-refractivity contribution is -0.167. The van der Waals surface area contributed by atoms with E-state index in [9.17, 15) is 19.8 Å². The quantitative estimate of drug-likeness (QED) is 0.444. The highest BCUT2D eigenvalue weighted by Gasteiger charge is 2.42. The Hall–Kier alpha value is -3.88. The molecule has 2 aliphatic rings. The van der Waals surface area contributed by atoms with Crippen LogP contribution in [0.5, 0.6) is 11.5 Å². The second kappa shape index (κ2) is 11.2. The van der Waals surface area contributed by atoms with Crippen LogP contribution >= 0.6 is 0 Å². The number of aliphatic hydroxyl groups is 1. The van der Waals surface area contributed by atoms with Gasteiger partial charge in [-0.15, -0.1) is 0 Å². The largest absolute Gasteiger partial charge is 0.493 e. The van der Waals surface area contributed by atoms with Crippen LogP contribution in [0.1, 0.15) is 41.2 Å². The minimum absolute atomic E-state index is 0.0708. The number of amides is 1. The van der Waals surface area contributed by atoms with E-state index in [1.165, 1.54) is 4.90 Å². The third-order valence-corrected chi connectivity index (χ3v) is 7.17. The van der Waals surface area contributed by atoms with E-state index in [1.54, 1.807) is 25.3 Å². The van der Waals surface area contributed by atoms with Gasteiger partial charge < -0.3 is 29.3 Å². The number of carboxylic acid groups (broad SMARTS) is 1. The number of methoxy groups -OCH3 is 1. The number of fused-ring (bicyclic) bond motifs is 1. The summed E-state index contributed by atoms with van der Waals surface area (Å²) in [5.41, 5.74) is 3.13. The standard InChI is InChI=1S/C30H31NO7/c1-36-26-13-12-21-17-31(29(33)27(20-10-6-3-7-11-20)38-23-14-22(32)15-23)25(30(34)35)16-24(21)28(26)37-18-19-8-4-2-5-9-19/h2-13,22-23,25,27,32H,14-18H2,1H3,(H,34,35)/t22?,23?,25-,27+/m0/s1. The van der Waals surface area contributed by atoms with Gasteiger partial charge in [0.25, 0.3) is 5.91 Å². The van der Waals surface area contributed by atoms with Gasteiger partial charge >= 0.3 is 5.97 Å². The molecule has 0 spiro atoms. The molecule has 1 saturated carbocycles.